The summed E-state index contributed by atoms with van der Waals surface area (Å²) in [5, 5.41) is 0.297. The lowest BCUT2D eigenvalue weighted by Crippen LogP contribution is -2.24. The van der Waals surface area contributed by atoms with E-state index in [1.54, 1.807) is 12.1 Å². The number of hydrogen-bond acceptors (Lipinski definition) is 3. The smallest absolute Gasteiger partial charge is 0.268 e. The molecule has 0 bridgehead atoms. The standard InChI is InChI=1S/C18H21N3O2/c1-10-9-18(5-6-18)4-2-11(10)13-8-14(22)15-12(21-13)3-7-20-16(15)17(19)23/h3,7-8,10-11H,2,4-6,9H2,1H3,(H2,19,23)(H,21,22). The van der Waals surface area contributed by atoms with Crippen molar-refractivity contribution in [1.29, 1.82) is 0 Å². The third-order valence-corrected chi connectivity index (χ3v) is 5.78. The van der Waals surface area contributed by atoms with Gasteiger partial charge in [0.25, 0.3) is 5.91 Å². The van der Waals surface area contributed by atoms with Crippen LogP contribution in [0.1, 0.15) is 61.1 Å². The highest BCUT2D eigenvalue weighted by Gasteiger charge is 2.47. The molecule has 2 aromatic heterocycles. The van der Waals surface area contributed by atoms with Crippen molar-refractivity contribution in [2.24, 2.45) is 17.1 Å². The van der Waals surface area contributed by atoms with Crippen molar-refractivity contribution in [1.82, 2.24) is 9.97 Å². The van der Waals surface area contributed by atoms with Crippen LogP contribution in [0.3, 0.4) is 0 Å². The number of nitrogens with one attached hydrogen (secondary N) is 1. The second kappa shape index (κ2) is 4.91. The van der Waals surface area contributed by atoms with Crippen LogP contribution in [-0.2, 0) is 0 Å². The Balaban J connectivity index is 1.77. The number of H-pyrrole nitrogens is 1. The van der Waals surface area contributed by atoms with Gasteiger partial charge in [0.2, 0.25) is 0 Å². The van der Waals surface area contributed by atoms with Gasteiger partial charge < -0.3 is 10.7 Å². The number of carbonyl (C=O) groups is 1. The maximum Gasteiger partial charge on any atom is 0.268 e. The van der Waals surface area contributed by atoms with Crippen LogP contribution in [0.2, 0.25) is 0 Å². The van der Waals surface area contributed by atoms with Gasteiger partial charge in [0.15, 0.2) is 5.43 Å². The molecule has 2 atom stereocenters. The van der Waals surface area contributed by atoms with E-state index in [1.807, 2.05) is 0 Å². The molecule has 0 aromatic carbocycles. The zero-order valence-corrected chi connectivity index (χ0v) is 13.3. The Morgan fingerprint density at radius 2 is 2.17 bits per heavy atom. The largest absolute Gasteiger partial charge is 0.364 e. The Hall–Kier alpha value is -2.17. The predicted octanol–water partition coefficient (Wildman–Crippen LogP) is 2.71. The quantitative estimate of drug-likeness (QED) is 0.893. The van der Waals surface area contributed by atoms with Gasteiger partial charge in [0.05, 0.1) is 10.9 Å². The van der Waals surface area contributed by atoms with Crippen molar-refractivity contribution in [3.8, 4) is 0 Å². The second-order valence-corrected chi connectivity index (χ2v) is 7.36. The summed E-state index contributed by atoms with van der Waals surface area (Å²) < 4.78 is 0. The highest BCUT2D eigenvalue weighted by atomic mass is 16.1. The summed E-state index contributed by atoms with van der Waals surface area (Å²) >= 11 is 0. The average Bonchev–Trinajstić information content (AvgIpc) is 3.25. The molecular weight excluding hydrogens is 290 g/mol. The number of aromatic amines is 1. The highest BCUT2D eigenvalue weighted by molar-refractivity contribution is 6.03. The molecule has 23 heavy (non-hydrogen) atoms. The normalized spacial score (nSPS) is 25.6. The maximum atomic E-state index is 12.5. The summed E-state index contributed by atoms with van der Waals surface area (Å²) in [6.45, 7) is 2.29. The van der Waals surface area contributed by atoms with E-state index < -0.39 is 5.91 Å². The number of fused-ring (bicyclic) bond motifs is 1. The summed E-state index contributed by atoms with van der Waals surface area (Å²) in [6.07, 6.45) is 7.88. The van der Waals surface area contributed by atoms with Crippen LogP contribution < -0.4 is 11.2 Å². The Labute approximate surface area is 134 Å². The summed E-state index contributed by atoms with van der Waals surface area (Å²) in [5.41, 5.74) is 7.44. The molecular formula is C18H21N3O2. The molecule has 0 saturated heterocycles. The third-order valence-electron chi connectivity index (χ3n) is 5.78. The number of amides is 1. The van der Waals surface area contributed by atoms with Gasteiger partial charge in [-0.15, -0.1) is 0 Å². The fourth-order valence-corrected chi connectivity index (χ4v) is 4.37. The zero-order valence-electron chi connectivity index (χ0n) is 13.3. The SMILES string of the molecule is CC1CC2(CCC1c1cc(=O)c3c(C(N)=O)nccc3[nH]1)CC2. The van der Waals surface area contributed by atoms with E-state index in [1.165, 1.54) is 31.9 Å². The van der Waals surface area contributed by atoms with E-state index in [9.17, 15) is 9.59 Å². The summed E-state index contributed by atoms with van der Waals surface area (Å²) in [5.74, 6) is 0.274. The minimum Gasteiger partial charge on any atom is -0.364 e. The molecule has 2 aliphatic carbocycles. The molecule has 1 amide bonds. The van der Waals surface area contributed by atoms with Crippen molar-refractivity contribution in [3.63, 3.8) is 0 Å². The van der Waals surface area contributed by atoms with Gasteiger partial charge in [-0.05, 0) is 49.5 Å². The lowest BCUT2D eigenvalue weighted by Gasteiger charge is -2.34. The Kier molecular flexibility index (Phi) is 3.08. The Morgan fingerprint density at radius 1 is 1.39 bits per heavy atom. The van der Waals surface area contributed by atoms with Crippen LogP contribution in [0, 0.1) is 11.3 Å². The van der Waals surface area contributed by atoms with Gasteiger partial charge in [-0.1, -0.05) is 6.92 Å². The first-order chi connectivity index (χ1) is 11.0. The number of primary amides is 1. The summed E-state index contributed by atoms with van der Waals surface area (Å²) in [7, 11) is 0. The summed E-state index contributed by atoms with van der Waals surface area (Å²) in [6, 6.07) is 3.38. The minimum atomic E-state index is -0.671. The maximum absolute atomic E-state index is 12.5. The van der Waals surface area contributed by atoms with Crippen LogP contribution in [0.4, 0.5) is 0 Å². The molecule has 5 heteroatoms. The topological polar surface area (TPSA) is 88.8 Å². The molecule has 0 radical (unpaired) electrons. The molecule has 120 valence electrons. The molecule has 5 nitrogen and oxygen atoms in total. The lowest BCUT2D eigenvalue weighted by atomic mass is 9.71. The Morgan fingerprint density at radius 3 is 2.83 bits per heavy atom. The molecule has 2 fully saturated rings. The van der Waals surface area contributed by atoms with E-state index >= 15 is 0 Å². The van der Waals surface area contributed by atoms with Crippen molar-refractivity contribution in [2.75, 3.05) is 0 Å². The first-order valence-electron chi connectivity index (χ1n) is 8.31. The minimum absolute atomic E-state index is 0.0453. The average molecular weight is 311 g/mol. The van der Waals surface area contributed by atoms with Crippen molar-refractivity contribution >= 4 is 16.8 Å². The monoisotopic (exact) mass is 311 g/mol. The van der Waals surface area contributed by atoms with Crippen LogP contribution >= 0.6 is 0 Å². The number of nitrogens with zero attached hydrogens (tertiary/aromatic N) is 1. The molecule has 2 aliphatic rings. The van der Waals surface area contributed by atoms with E-state index in [0.29, 0.717) is 28.2 Å². The molecule has 4 rings (SSSR count). The molecule has 2 unspecified atom stereocenters. The fourth-order valence-electron chi connectivity index (χ4n) is 4.37. The predicted molar refractivity (Wildman–Crippen MR) is 88.3 cm³/mol. The molecule has 2 saturated carbocycles. The van der Waals surface area contributed by atoms with Crippen LogP contribution in [-0.4, -0.2) is 15.9 Å². The molecule has 1 spiro atoms. The first kappa shape index (κ1) is 14.4. The van der Waals surface area contributed by atoms with Gasteiger partial charge >= 0.3 is 0 Å². The van der Waals surface area contributed by atoms with Crippen molar-refractivity contribution < 1.29 is 4.79 Å². The number of carbonyl (C=O) groups excluding carboxylic acids is 1. The third kappa shape index (κ3) is 2.35. The number of aromatic nitrogens is 2. The number of hydrogen-bond donors (Lipinski definition) is 2. The van der Waals surface area contributed by atoms with Crippen molar-refractivity contribution in [2.45, 2.75) is 44.9 Å². The van der Waals surface area contributed by atoms with E-state index in [0.717, 1.165) is 12.1 Å². The van der Waals surface area contributed by atoms with Crippen LogP contribution in [0.25, 0.3) is 10.9 Å². The molecule has 2 heterocycles. The zero-order chi connectivity index (χ0) is 16.2. The molecule has 0 aliphatic heterocycles. The second-order valence-electron chi connectivity index (χ2n) is 7.36. The van der Waals surface area contributed by atoms with Gasteiger partial charge in [-0.25, -0.2) is 0 Å². The first-order valence-corrected chi connectivity index (χ1v) is 8.31. The van der Waals surface area contributed by atoms with Gasteiger partial charge in [0.1, 0.15) is 5.69 Å². The number of rotatable bonds is 2. The van der Waals surface area contributed by atoms with Gasteiger partial charge in [0, 0.05) is 23.9 Å². The van der Waals surface area contributed by atoms with E-state index in [4.69, 9.17) is 5.73 Å². The lowest BCUT2D eigenvalue weighted by molar-refractivity contribution is 0.0997. The molecule has 2 aromatic rings. The summed E-state index contributed by atoms with van der Waals surface area (Å²) in [4.78, 5) is 31.4. The van der Waals surface area contributed by atoms with Crippen LogP contribution in [0.5, 0.6) is 0 Å². The number of nitrogens with two attached hydrogens (primary N) is 1. The van der Waals surface area contributed by atoms with E-state index in [-0.39, 0.29) is 11.1 Å². The van der Waals surface area contributed by atoms with E-state index in [2.05, 4.69) is 16.9 Å². The number of pyridine rings is 2. The van der Waals surface area contributed by atoms with Gasteiger partial charge in [-0.3, -0.25) is 14.6 Å². The Bertz CT molecular complexity index is 851. The van der Waals surface area contributed by atoms with Crippen LogP contribution in [0.15, 0.2) is 23.1 Å². The highest BCUT2D eigenvalue weighted by Crippen LogP contribution is 2.60. The van der Waals surface area contributed by atoms with Gasteiger partial charge in [-0.2, -0.15) is 0 Å². The fraction of sp³-hybridized carbons (Fsp3) is 0.500. The molecule has 3 N–H and O–H groups in total. The van der Waals surface area contributed by atoms with Crippen molar-refractivity contribution in [3.05, 3.63) is 39.9 Å².